The molecule has 3 rings (SSSR count). The molecule has 0 atom stereocenters. The van der Waals surface area contributed by atoms with Gasteiger partial charge in [-0.05, 0) is 69.4 Å². The molecule has 2 N–H and O–H groups in total. The lowest BCUT2D eigenvalue weighted by molar-refractivity contribution is 0.358. The molecule has 2 heterocycles. The normalized spacial score (nSPS) is 16.4. The highest BCUT2D eigenvalue weighted by molar-refractivity contribution is 5.84. The number of piperidine rings is 1. The number of hydrogen-bond acceptors (Lipinski definition) is 2. The second kappa shape index (κ2) is 7.80. The summed E-state index contributed by atoms with van der Waals surface area (Å²) in [6.07, 6.45) is 7.32. The van der Waals surface area contributed by atoms with E-state index in [9.17, 15) is 0 Å². The number of para-hydroxylation sites is 1. The molecule has 0 amide bonds. The Bertz CT molecular complexity index is 581. The third-order valence-corrected chi connectivity index (χ3v) is 4.80. The molecule has 0 aliphatic carbocycles. The van der Waals surface area contributed by atoms with Crippen LogP contribution in [0.3, 0.4) is 0 Å². The summed E-state index contributed by atoms with van der Waals surface area (Å²) >= 11 is 0. The van der Waals surface area contributed by atoms with Crippen LogP contribution in [0.25, 0.3) is 10.9 Å². The van der Waals surface area contributed by atoms with Crippen molar-refractivity contribution in [1.82, 2.24) is 15.2 Å². The van der Waals surface area contributed by atoms with Crippen LogP contribution in [0.15, 0.2) is 30.5 Å². The van der Waals surface area contributed by atoms with E-state index in [1.807, 2.05) is 0 Å². The molecule has 0 saturated carbocycles. The first kappa shape index (κ1) is 15.6. The molecular weight excluding hydrogens is 270 g/mol. The zero-order valence-electron chi connectivity index (χ0n) is 13.8. The molecule has 1 aromatic heterocycles. The summed E-state index contributed by atoms with van der Waals surface area (Å²) in [7, 11) is 0. The SMILES string of the molecule is CCCn1cc(CCNCC2CCNCC2)c2ccccc21. The van der Waals surface area contributed by atoms with E-state index in [-0.39, 0.29) is 0 Å². The van der Waals surface area contributed by atoms with E-state index in [4.69, 9.17) is 0 Å². The minimum Gasteiger partial charge on any atom is -0.347 e. The minimum atomic E-state index is 0.864. The van der Waals surface area contributed by atoms with E-state index in [2.05, 4.69) is 52.6 Å². The van der Waals surface area contributed by atoms with Gasteiger partial charge >= 0.3 is 0 Å². The van der Waals surface area contributed by atoms with Gasteiger partial charge in [0.25, 0.3) is 0 Å². The number of aromatic nitrogens is 1. The fourth-order valence-electron chi connectivity index (χ4n) is 3.56. The standard InChI is InChI=1S/C19H29N3/c1-2-13-22-15-17(18-5-3-4-6-19(18)22)9-12-21-14-16-7-10-20-11-8-16/h3-6,15-16,20-21H,2,7-14H2,1H3. The number of nitrogens with zero attached hydrogens (tertiary/aromatic N) is 1. The van der Waals surface area contributed by atoms with Crippen molar-refractivity contribution in [3.05, 3.63) is 36.0 Å². The van der Waals surface area contributed by atoms with Crippen LogP contribution in [-0.2, 0) is 13.0 Å². The molecule has 3 heteroatoms. The first-order valence-corrected chi connectivity index (χ1v) is 8.86. The van der Waals surface area contributed by atoms with E-state index in [0.717, 1.165) is 25.4 Å². The van der Waals surface area contributed by atoms with Gasteiger partial charge in [0.2, 0.25) is 0 Å². The summed E-state index contributed by atoms with van der Waals surface area (Å²) in [6, 6.07) is 8.82. The van der Waals surface area contributed by atoms with Crippen LogP contribution in [-0.4, -0.2) is 30.7 Å². The van der Waals surface area contributed by atoms with Crippen molar-refractivity contribution in [3.8, 4) is 0 Å². The van der Waals surface area contributed by atoms with Crippen LogP contribution in [0.5, 0.6) is 0 Å². The van der Waals surface area contributed by atoms with Gasteiger partial charge in [0.1, 0.15) is 0 Å². The Morgan fingerprint density at radius 3 is 2.86 bits per heavy atom. The average Bonchev–Trinajstić information content (AvgIpc) is 2.91. The Kier molecular flexibility index (Phi) is 5.52. The van der Waals surface area contributed by atoms with Gasteiger partial charge in [-0.25, -0.2) is 0 Å². The molecule has 1 saturated heterocycles. The molecular formula is C19H29N3. The van der Waals surface area contributed by atoms with Crippen LogP contribution in [0.1, 0.15) is 31.7 Å². The first-order valence-electron chi connectivity index (χ1n) is 8.86. The largest absolute Gasteiger partial charge is 0.347 e. The Hall–Kier alpha value is -1.32. The maximum Gasteiger partial charge on any atom is 0.0483 e. The summed E-state index contributed by atoms with van der Waals surface area (Å²) in [4.78, 5) is 0. The van der Waals surface area contributed by atoms with Crippen molar-refractivity contribution in [2.45, 2.75) is 39.2 Å². The molecule has 0 bridgehead atoms. The topological polar surface area (TPSA) is 29.0 Å². The fraction of sp³-hybridized carbons (Fsp3) is 0.579. The van der Waals surface area contributed by atoms with Gasteiger partial charge in [0.15, 0.2) is 0 Å². The number of hydrogen-bond donors (Lipinski definition) is 2. The second-order valence-electron chi connectivity index (χ2n) is 6.51. The molecule has 3 nitrogen and oxygen atoms in total. The third-order valence-electron chi connectivity index (χ3n) is 4.80. The zero-order chi connectivity index (χ0) is 15.2. The first-order chi connectivity index (χ1) is 10.9. The monoisotopic (exact) mass is 299 g/mol. The number of aryl methyl sites for hydroxylation is 1. The highest BCUT2D eigenvalue weighted by atomic mass is 15.0. The molecule has 0 radical (unpaired) electrons. The Morgan fingerprint density at radius 1 is 1.23 bits per heavy atom. The van der Waals surface area contributed by atoms with Crippen LogP contribution in [0.4, 0.5) is 0 Å². The molecule has 2 aromatic rings. The van der Waals surface area contributed by atoms with Crippen molar-refractivity contribution in [2.75, 3.05) is 26.2 Å². The lowest BCUT2D eigenvalue weighted by atomic mass is 9.98. The predicted octanol–water partition coefficient (Wildman–Crippen LogP) is 3.18. The number of fused-ring (bicyclic) bond motifs is 1. The van der Waals surface area contributed by atoms with E-state index in [1.54, 1.807) is 0 Å². The Balaban J connectivity index is 1.56. The maximum atomic E-state index is 3.67. The fourth-order valence-corrected chi connectivity index (χ4v) is 3.56. The van der Waals surface area contributed by atoms with Crippen molar-refractivity contribution < 1.29 is 0 Å². The van der Waals surface area contributed by atoms with Gasteiger partial charge in [0.05, 0.1) is 0 Å². The molecule has 1 fully saturated rings. The Morgan fingerprint density at radius 2 is 2.05 bits per heavy atom. The Labute approximate surface area is 134 Å². The smallest absolute Gasteiger partial charge is 0.0483 e. The maximum absolute atomic E-state index is 3.67. The second-order valence-corrected chi connectivity index (χ2v) is 6.51. The number of benzene rings is 1. The van der Waals surface area contributed by atoms with Crippen molar-refractivity contribution in [3.63, 3.8) is 0 Å². The lowest BCUT2D eigenvalue weighted by Gasteiger charge is -2.22. The van der Waals surface area contributed by atoms with Crippen molar-refractivity contribution in [2.24, 2.45) is 5.92 Å². The zero-order valence-corrected chi connectivity index (χ0v) is 13.8. The number of rotatable bonds is 7. The van der Waals surface area contributed by atoms with Gasteiger partial charge in [-0.3, -0.25) is 0 Å². The van der Waals surface area contributed by atoms with Gasteiger partial charge in [-0.1, -0.05) is 25.1 Å². The summed E-state index contributed by atoms with van der Waals surface area (Å²) in [5, 5.41) is 8.54. The molecule has 22 heavy (non-hydrogen) atoms. The van der Waals surface area contributed by atoms with E-state index in [0.29, 0.717) is 0 Å². The van der Waals surface area contributed by atoms with Crippen molar-refractivity contribution in [1.29, 1.82) is 0 Å². The molecule has 1 aliphatic heterocycles. The molecule has 0 spiro atoms. The summed E-state index contributed by atoms with van der Waals surface area (Å²) < 4.78 is 2.41. The predicted molar refractivity (Wildman–Crippen MR) is 94.4 cm³/mol. The molecule has 0 unspecified atom stereocenters. The van der Waals surface area contributed by atoms with E-state index < -0.39 is 0 Å². The van der Waals surface area contributed by atoms with E-state index in [1.165, 1.54) is 55.4 Å². The molecule has 1 aliphatic rings. The molecule has 1 aromatic carbocycles. The van der Waals surface area contributed by atoms with Crippen LogP contribution < -0.4 is 10.6 Å². The summed E-state index contributed by atoms with van der Waals surface area (Å²) in [6.45, 7) is 8.01. The highest BCUT2D eigenvalue weighted by Crippen LogP contribution is 2.22. The van der Waals surface area contributed by atoms with Gasteiger partial charge in [0, 0.05) is 23.6 Å². The summed E-state index contributed by atoms with van der Waals surface area (Å²) in [5.74, 6) is 0.864. The minimum absolute atomic E-state index is 0.864. The summed E-state index contributed by atoms with van der Waals surface area (Å²) in [5.41, 5.74) is 2.87. The van der Waals surface area contributed by atoms with Gasteiger partial charge in [-0.15, -0.1) is 0 Å². The van der Waals surface area contributed by atoms with Gasteiger partial charge < -0.3 is 15.2 Å². The van der Waals surface area contributed by atoms with Gasteiger partial charge in [-0.2, -0.15) is 0 Å². The van der Waals surface area contributed by atoms with E-state index >= 15 is 0 Å². The quantitative estimate of drug-likeness (QED) is 0.769. The number of nitrogens with one attached hydrogen (secondary N) is 2. The third kappa shape index (κ3) is 3.71. The van der Waals surface area contributed by atoms with Crippen molar-refractivity contribution >= 4 is 10.9 Å². The average molecular weight is 299 g/mol. The molecule has 120 valence electrons. The highest BCUT2D eigenvalue weighted by Gasteiger charge is 2.12. The lowest BCUT2D eigenvalue weighted by Crippen LogP contribution is -2.34. The van der Waals surface area contributed by atoms with Crippen LogP contribution >= 0.6 is 0 Å². The van der Waals surface area contributed by atoms with Crippen LogP contribution in [0.2, 0.25) is 0 Å². The van der Waals surface area contributed by atoms with Crippen LogP contribution in [0, 0.1) is 5.92 Å².